The average molecular weight is 326 g/mol. The van der Waals surface area contributed by atoms with Crippen LogP contribution in [0.1, 0.15) is 5.56 Å². The highest BCUT2D eigenvalue weighted by atomic mass is 32.2. The zero-order valence-electron chi connectivity index (χ0n) is 13.0. The van der Waals surface area contributed by atoms with Gasteiger partial charge in [0, 0.05) is 12.9 Å². The van der Waals surface area contributed by atoms with Crippen molar-refractivity contribution in [3.05, 3.63) is 60.2 Å². The number of ether oxygens (including phenoxy) is 2. The first-order chi connectivity index (χ1) is 11.3. The van der Waals surface area contributed by atoms with Crippen molar-refractivity contribution in [3.63, 3.8) is 0 Å². The van der Waals surface area contributed by atoms with Crippen LogP contribution in [0.2, 0.25) is 0 Å². The van der Waals surface area contributed by atoms with Gasteiger partial charge in [-0.15, -0.1) is 11.8 Å². The Morgan fingerprint density at radius 3 is 2.39 bits per heavy atom. The molecule has 3 nitrogen and oxygen atoms in total. The maximum Gasteiger partial charge on any atom is 0.318 e. The van der Waals surface area contributed by atoms with Crippen molar-refractivity contribution in [2.75, 3.05) is 19.7 Å². The van der Waals surface area contributed by atoms with Crippen LogP contribution in [0, 0.1) is 0 Å². The van der Waals surface area contributed by atoms with E-state index in [4.69, 9.17) is 9.47 Å². The Kier molecular flexibility index (Phi) is 5.16. The van der Waals surface area contributed by atoms with E-state index in [1.54, 1.807) is 11.8 Å². The molecule has 0 saturated carbocycles. The largest absolute Gasteiger partial charge is 0.438 e. The summed E-state index contributed by atoms with van der Waals surface area (Å²) in [6.45, 7) is 0.0163. The molecule has 0 aliphatic heterocycles. The third-order valence-electron chi connectivity index (χ3n) is 3.60. The molecule has 118 valence electrons. The van der Waals surface area contributed by atoms with Gasteiger partial charge >= 0.3 is 5.97 Å². The molecule has 0 N–H and O–H groups in total. The molecule has 0 amide bonds. The first-order valence-corrected chi connectivity index (χ1v) is 8.55. The molecule has 0 heterocycles. The second kappa shape index (κ2) is 7.49. The van der Waals surface area contributed by atoms with Crippen LogP contribution in [-0.2, 0) is 20.0 Å². The van der Waals surface area contributed by atoms with E-state index in [0.29, 0.717) is 5.75 Å². The summed E-state index contributed by atoms with van der Waals surface area (Å²) >= 11 is 1.55. The minimum absolute atomic E-state index is 0.0163. The topological polar surface area (TPSA) is 35.5 Å². The van der Waals surface area contributed by atoms with E-state index in [-0.39, 0.29) is 12.8 Å². The van der Waals surface area contributed by atoms with Gasteiger partial charge < -0.3 is 9.47 Å². The molecule has 3 rings (SSSR count). The van der Waals surface area contributed by atoms with Crippen molar-refractivity contribution < 1.29 is 14.3 Å². The van der Waals surface area contributed by atoms with E-state index in [2.05, 4.69) is 54.6 Å². The van der Waals surface area contributed by atoms with Crippen LogP contribution in [0.5, 0.6) is 0 Å². The number of hydrogen-bond acceptors (Lipinski definition) is 4. The third-order valence-corrected chi connectivity index (χ3v) is 4.57. The van der Waals surface area contributed by atoms with E-state index in [9.17, 15) is 4.79 Å². The molecule has 0 bridgehead atoms. The number of carbonyl (C=O) groups is 1. The Hall–Kier alpha value is -2.04. The summed E-state index contributed by atoms with van der Waals surface area (Å²) in [5.41, 5.74) is 1.21. The minimum Gasteiger partial charge on any atom is -0.438 e. The Balaban J connectivity index is 1.70. The number of methoxy groups -OCH3 is 1. The highest BCUT2D eigenvalue weighted by Crippen LogP contribution is 2.25. The van der Waals surface area contributed by atoms with Crippen LogP contribution in [-0.4, -0.2) is 25.6 Å². The molecule has 0 radical (unpaired) electrons. The number of thioether (sulfide) groups is 1. The zero-order chi connectivity index (χ0) is 16.1. The highest BCUT2D eigenvalue weighted by molar-refractivity contribution is 7.99. The summed E-state index contributed by atoms with van der Waals surface area (Å²) in [6, 6.07) is 19.2. The molecule has 3 aromatic rings. The van der Waals surface area contributed by atoms with Crippen LogP contribution in [0.3, 0.4) is 0 Å². The van der Waals surface area contributed by atoms with Gasteiger partial charge in [0.15, 0.2) is 6.79 Å². The Morgan fingerprint density at radius 2 is 1.65 bits per heavy atom. The van der Waals surface area contributed by atoms with Crippen molar-refractivity contribution in [2.24, 2.45) is 0 Å². The van der Waals surface area contributed by atoms with Crippen molar-refractivity contribution in [2.45, 2.75) is 5.75 Å². The van der Waals surface area contributed by atoms with E-state index < -0.39 is 0 Å². The number of hydrogen-bond donors (Lipinski definition) is 0. The molecule has 0 atom stereocenters. The summed E-state index contributed by atoms with van der Waals surface area (Å²) in [7, 11) is 1.50. The lowest BCUT2D eigenvalue weighted by Gasteiger charge is -2.06. The Labute approximate surface area is 139 Å². The maximum atomic E-state index is 11.4. The fourth-order valence-electron chi connectivity index (χ4n) is 2.50. The number of benzene rings is 3. The van der Waals surface area contributed by atoms with E-state index >= 15 is 0 Å². The maximum absolute atomic E-state index is 11.4. The number of rotatable bonds is 6. The molecule has 0 unspecified atom stereocenters. The molecule has 0 saturated heterocycles. The summed E-state index contributed by atoms with van der Waals surface area (Å²) in [5.74, 6) is 0.868. The van der Waals surface area contributed by atoms with Gasteiger partial charge in [0.2, 0.25) is 0 Å². The first-order valence-electron chi connectivity index (χ1n) is 7.40. The monoisotopic (exact) mass is 326 g/mol. The molecule has 0 aliphatic carbocycles. The predicted octanol–water partition coefficient (Wildman–Crippen LogP) is 4.37. The fourth-order valence-corrected chi connectivity index (χ4v) is 3.27. The average Bonchev–Trinajstić information content (AvgIpc) is 2.58. The van der Waals surface area contributed by atoms with Gasteiger partial charge in [-0.25, -0.2) is 0 Å². The fraction of sp³-hybridized carbons (Fsp3) is 0.211. The second-order valence-electron chi connectivity index (χ2n) is 5.30. The van der Waals surface area contributed by atoms with Crippen molar-refractivity contribution >= 4 is 39.3 Å². The van der Waals surface area contributed by atoms with Crippen LogP contribution in [0.4, 0.5) is 0 Å². The number of fused-ring (bicyclic) bond motifs is 2. The molecule has 0 aromatic heterocycles. The smallest absolute Gasteiger partial charge is 0.318 e. The molecule has 3 aromatic carbocycles. The van der Waals surface area contributed by atoms with Gasteiger partial charge in [0.25, 0.3) is 0 Å². The van der Waals surface area contributed by atoms with Gasteiger partial charge in [-0.3, -0.25) is 4.79 Å². The lowest BCUT2D eigenvalue weighted by molar-refractivity contribution is -0.150. The quantitative estimate of drug-likeness (QED) is 0.383. The molecular formula is C19H18O3S. The predicted molar refractivity (Wildman–Crippen MR) is 95.6 cm³/mol. The van der Waals surface area contributed by atoms with E-state index in [0.717, 1.165) is 5.75 Å². The number of carbonyl (C=O) groups excluding carboxylic acids is 1. The van der Waals surface area contributed by atoms with Crippen molar-refractivity contribution in [1.82, 2.24) is 0 Å². The molecule has 0 aliphatic rings. The molecule has 0 fully saturated rings. The Morgan fingerprint density at radius 1 is 0.957 bits per heavy atom. The van der Waals surface area contributed by atoms with Crippen LogP contribution in [0.15, 0.2) is 54.6 Å². The molecule has 4 heteroatoms. The molecule has 0 spiro atoms. The molecular weight excluding hydrogens is 308 g/mol. The van der Waals surface area contributed by atoms with E-state index in [1.807, 2.05) is 0 Å². The van der Waals surface area contributed by atoms with Gasteiger partial charge in [-0.2, -0.15) is 0 Å². The van der Waals surface area contributed by atoms with Gasteiger partial charge in [0.1, 0.15) is 0 Å². The summed E-state index contributed by atoms with van der Waals surface area (Å²) in [5, 5.41) is 4.96. The first kappa shape index (κ1) is 15.8. The minimum atomic E-state index is -0.247. The SMILES string of the molecule is COCOC(=O)CSCc1ccc2cc3ccccc3cc2c1. The van der Waals surface area contributed by atoms with Crippen LogP contribution < -0.4 is 0 Å². The normalized spacial score (nSPS) is 11.0. The lowest BCUT2D eigenvalue weighted by Crippen LogP contribution is -2.09. The summed E-state index contributed by atoms with van der Waals surface area (Å²) < 4.78 is 9.57. The second-order valence-corrected chi connectivity index (χ2v) is 6.28. The summed E-state index contributed by atoms with van der Waals surface area (Å²) in [6.07, 6.45) is 0. The zero-order valence-corrected chi connectivity index (χ0v) is 13.8. The van der Waals surface area contributed by atoms with Gasteiger partial charge in [-0.1, -0.05) is 42.5 Å². The third kappa shape index (κ3) is 4.03. The van der Waals surface area contributed by atoms with Crippen molar-refractivity contribution in [3.8, 4) is 0 Å². The van der Waals surface area contributed by atoms with E-state index in [1.165, 1.54) is 34.2 Å². The molecule has 23 heavy (non-hydrogen) atoms. The highest BCUT2D eigenvalue weighted by Gasteiger charge is 2.04. The van der Waals surface area contributed by atoms with Crippen LogP contribution in [0.25, 0.3) is 21.5 Å². The van der Waals surface area contributed by atoms with Crippen molar-refractivity contribution in [1.29, 1.82) is 0 Å². The number of esters is 1. The lowest BCUT2D eigenvalue weighted by atomic mass is 10.0. The van der Waals surface area contributed by atoms with Gasteiger partial charge in [0.05, 0.1) is 5.75 Å². The summed E-state index contributed by atoms with van der Waals surface area (Å²) in [4.78, 5) is 11.4. The van der Waals surface area contributed by atoms with Crippen LogP contribution >= 0.6 is 11.8 Å². The standard InChI is InChI=1S/C19H18O3S/c1-21-13-22-19(20)12-23-11-14-6-7-17-9-15-4-2-3-5-16(15)10-18(17)8-14/h2-10H,11-13H2,1H3. The van der Waals surface area contributed by atoms with Gasteiger partial charge in [-0.05, 0) is 39.2 Å². The Bertz CT molecular complexity index is 829.